The second-order valence-corrected chi connectivity index (χ2v) is 7.06. The molecule has 142 valence electrons. The SMILES string of the molecule is CCCCN=C1SC(=Cc2ccc(OC)c(OC)c2)C(=O)N1CCCC. The fraction of sp³-hybridized carbons (Fsp3) is 0.500. The smallest absolute Gasteiger partial charge is 0.266 e. The zero-order valence-electron chi connectivity index (χ0n) is 16.1. The van der Waals surface area contributed by atoms with Gasteiger partial charge >= 0.3 is 0 Å². The van der Waals surface area contributed by atoms with Crippen molar-refractivity contribution in [1.82, 2.24) is 4.90 Å². The van der Waals surface area contributed by atoms with Crippen molar-refractivity contribution >= 4 is 28.9 Å². The molecule has 0 saturated carbocycles. The van der Waals surface area contributed by atoms with Crippen LogP contribution in [0.15, 0.2) is 28.1 Å². The van der Waals surface area contributed by atoms with Gasteiger partial charge in [-0.1, -0.05) is 32.8 Å². The Morgan fingerprint density at radius 2 is 1.85 bits per heavy atom. The summed E-state index contributed by atoms with van der Waals surface area (Å²) in [4.78, 5) is 20.0. The topological polar surface area (TPSA) is 51.1 Å². The van der Waals surface area contributed by atoms with Gasteiger partial charge in [0.2, 0.25) is 0 Å². The van der Waals surface area contributed by atoms with Crippen molar-refractivity contribution in [3.8, 4) is 11.5 Å². The third-order valence-corrected chi connectivity index (χ3v) is 5.13. The Morgan fingerprint density at radius 1 is 1.12 bits per heavy atom. The lowest BCUT2D eigenvalue weighted by atomic mass is 10.2. The number of aliphatic imine (C=N–C) groups is 1. The average molecular weight is 377 g/mol. The first kappa shape index (κ1) is 20.4. The number of methoxy groups -OCH3 is 2. The molecule has 5 nitrogen and oxygen atoms in total. The monoisotopic (exact) mass is 376 g/mol. The number of rotatable bonds is 9. The molecule has 1 aromatic carbocycles. The van der Waals surface area contributed by atoms with Gasteiger partial charge in [-0.05, 0) is 48.4 Å². The molecule has 0 aliphatic carbocycles. The Morgan fingerprint density at radius 3 is 2.50 bits per heavy atom. The van der Waals surface area contributed by atoms with E-state index < -0.39 is 0 Å². The highest BCUT2D eigenvalue weighted by Gasteiger charge is 2.32. The van der Waals surface area contributed by atoms with E-state index in [1.807, 2.05) is 29.2 Å². The number of carbonyl (C=O) groups is 1. The lowest BCUT2D eigenvalue weighted by molar-refractivity contribution is -0.122. The summed E-state index contributed by atoms with van der Waals surface area (Å²) < 4.78 is 10.6. The second-order valence-electron chi connectivity index (χ2n) is 6.05. The van der Waals surface area contributed by atoms with Crippen molar-refractivity contribution in [2.24, 2.45) is 4.99 Å². The summed E-state index contributed by atoms with van der Waals surface area (Å²) in [6.07, 6.45) is 6.05. The maximum Gasteiger partial charge on any atom is 0.266 e. The number of amidine groups is 1. The van der Waals surface area contributed by atoms with Crippen LogP contribution in [0, 0.1) is 0 Å². The van der Waals surface area contributed by atoms with Gasteiger partial charge in [0, 0.05) is 13.1 Å². The minimum absolute atomic E-state index is 0.0356. The van der Waals surface area contributed by atoms with Gasteiger partial charge in [-0.2, -0.15) is 0 Å². The Bertz CT molecular complexity index is 686. The van der Waals surface area contributed by atoms with E-state index in [4.69, 9.17) is 9.47 Å². The molecule has 1 aliphatic heterocycles. The maximum atomic E-state index is 12.8. The van der Waals surface area contributed by atoms with Gasteiger partial charge in [-0.15, -0.1) is 0 Å². The molecule has 2 rings (SSSR count). The normalized spacial score (nSPS) is 17.4. The molecule has 0 aromatic heterocycles. The number of ether oxygens (including phenoxy) is 2. The van der Waals surface area contributed by atoms with Gasteiger partial charge in [-0.25, -0.2) is 0 Å². The van der Waals surface area contributed by atoms with Gasteiger partial charge < -0.3 is 9.47 Å². The van der Waals surface area contributed by atoms with E-state index >= 15 is 0 Å². The first-order valence-electron chi connectivity index (χ1n) is 9.12. The molecule has 0 spiro atoms. The second kappa shape index (κ2) is 10.3. The van der Waals surface area contributed by atoms with Crippen LogP contribution in [0.1, 0.15) is 45.1 Å². The summed E-state index contributed by atoms with van der Waals surface area (Å²) in [5.41, 5.74) is 0.906. The molecule has 1 heterocycles. The van der Waals surface area contributed by atoms with Gasteiger partial charge in [0.05, 0.1) is 19.1 Å². The molecule has 0 radical (unpaired) electrons. The Kier molecular flexibility index (Phi) is 8.04. The van der Waals surface area contributed by atoms with E-state index in [0.29, 0.717) is 16.4 Å². The fourth-order valence-corrected chi connectivity index (χ4v) is 3.60. The quantitative estimate of drug-likeness (QED) is 0.468. The van der Waals surface area contributed by atoms with Crippen LogP contribution in [0.3, 0.4) is 0 Å². The predicted molar refractivity (Wildman–Crippen MR) is 109 cm³/mol. The van der Waals surface area contributed by atoms with E-state index in [0.717, 1.165) is 49.5 Å². The number of nitrogens with zero attached hydrogens (tertiary/aromatic N) is 2. The summed E-state index contributed by atoms with van der Waals surface area (Å²) in [6.45, 7) is 5.75. The van der Waals surface area contributed by atoms with Crippen molar-refractivity contribution in [3.63, 3.8) is 0 Å². The molecule has 1 aromatic rings. The highest BCUT2D eigenvalue weighted by Crippen LogP contribution is 2.34. The number of hydrogen-bond acceptors (Lipinski definition) is 5. The van der Waals surface area contributed by atoms with Crippen LogP contribution < -0.4 is 9.47 Å². The minimum Gasteiger partial charge on any atom is -0.493 e. The van der Waals surface area contributed by atoms with E-state index in [1.165, 1.54) is 11.8 Å². The Labute approximate surface area is 160 Å². The van der Waals surface area contributed by atoms with E-state index in [9.17, 15) is 4.79 Å². The molecule has 0 bridgehead atoms. The lowest BCUT2D eigenvalue weighted by Gasteiger charge is -2.14. The highest BCUT2D eigenvalue weighted by molar-refractivity contribution is 8.18. The van der Waals surface area contributed by atoms with Crippen LogP contribution >= 0.6 is 11.8 Å². The Hall–Kier alpha value is -1.95. The molecule has 0 atom stereocenters. The number of carbonyl (C=O) groups excluding carboxylic acids is 1. The molecular weight excluding hydrogens is 348 g/mol. The van der Waals surface area contributed by atoms with Crippen molar-refractivity contribution in [2.45, 2.75) is 39.5 Å². The van der Waals surface area contributed by atoms with Gasteiger partial charge in [-0.3, -0.25) is 14.7 Å². The zero-order valence-corrected chi connectivity index (χ0v) is 16.9. The summed E-state index contributed by atoms with van der Waals surface area (Å²) >= 11 is 1.46. The molecule has 0 unspecified atom stereocenters. The van der Waals surface area contributed by atoms with Gasteiger partial charge in [0.15, 0.2) is 16.7 Å². The molecule has 1 saturated heterocycles. The zero-order chi connectivity index (χ0) is 18.9. The first-order valence-corrected chi connectivity index (χ1v) is 9.94. The summed E-state index contributed by atoms with van der Waals surface area (Å²) in [6, 6.07) is 5.65. The standard InChI is InChI=1S/C20H28N2O3S/c1-5-7-11-21-20-22(12-8-6-2)19(23)18(26-20)14-15-9-10-16(24-3)17(13-15)25-4/h9-10,13-14H,5-8,11-12H2,1-4H3. The third-order valence-electron chi connectivity index (χ3n) is 4.09. The minimum atomic E-state index is 0.0356. The molecule has 1 amide bonds. The number of hydrogen-bond donors (Lipinski definition) is 0. The fourth-order valence-electron chi connectivity index (χ4n) is 2.57. The average Bonchev–Trinajstić information content (AvgIpc) is 2.95. The van der Waals surface area contributed by atoms with Crippen LogP contribution in [-0.4, -0.2) is 43.3 Å². The molecule has 26 heavy (non-hydrogen) atoms. The van der Waals surface area contributed by atoms with E-state index in [1.54, 1.807) is 14.2 Å². The van der Waals surface area contributed by atoms with E-state index in [-0.39, 0.29) is 5.91 Å². The number of unbranched alkanes of at least 4 members (excludes halogenated alkanes) is 2. The van der Waals surface area contributed by atoms with Crippen LogP contribution in [0.4, 0.5) is 0 Å². The molecule has 1 fully saturated rings. The third kappa shape index (κ3) is 5.04. The summed E-state index contributed by atoms with van der Waals surface area (Å²) in [5.74, 6) is 1.36. The van der Waals surface area contributed by atoms with E-state index in [2.05, 4.69) is 18.8 Å². The van der Waals surface area contributed by atoms with Crippen LogP contribution in [0.5, 0.6) is 11.5 Å². The molecule has 6 heteroatoms. The number of benzene rings is 1. The van der Waals surface area contributed by atoms with Crippen LogP contribution in [-0.2, 0) is 4.79 Å². The molecule has 0 N–H and O–H groups in total. The summed E-state index contributed by atoms with van der Waals surface area (Å²) in [7, 11) is 3.21. The predicted octanol–water partition coefficient (Wildman–Crippen LogP) is 4.58. The molecule has 1 aliphatic rings. The number of thioether (sulfide) groups is 1. The van der Waals surface area contributed by atoms with Crippen molar-refractivity contribution in [2.75, 3.05) is 27.3 Å². The summed E-state index contributed by atoms with van der Waals surface area (Å²) in [5, 5.41) is 0.823. The Balaban J connectivity index is 2.26. The highest BCUT2D eigenvalue weighted by atomic mass is 32.2. The largest absolute Gasteiger partial charge is 0.493 e. The van der Waals surface area contributed by atoms with Gasteiger partial charge in [0.25, 0.3) is 5.91 Å². The van der Waals surface area contributed by atoms with Crippen molar-refractivity contribution in [3.05, 3.63) is 28.7 Å². The first-order chi connectivity index (χ1) is 12.6. The van der Waals surface area contributed by atoms with Crippen LogP contribution in [0.25, 0.3) is 6.08 Å². The lowest BCUT2D eigenvalue weighted by Crippen LogP contribution is -2.30. The van der Waals surface area contributed by atoms with Crippen molar-refractivity contribution < 1.29 is 14.3 Å². The maximum absolute atomic E-state index is 12.8. The van der Waals surface area contributed by atoms with Crippen molar-refractivity contribution in [1.29, 1.82) is 0 Å². The van der Waals surface area contributed by atoms with Gasteiger partial charge in [0.1, 0.15) is 0 Å². The van der Waals surface area contributed by atoms with Crippen LogP contribution in [0.2, 0.25) is 0 Å². The molecular formula is C20H28N2O3S. The number of amides is 1.